The van der Waals surface area contributed by atoms with Gasteiger partial charge in [0.15, 0.2) is 6.10 Å². The van der Waals surface area contributed by atoms with Crippen LogP contribution in [0.4, 0.5) is 0 Å². The molecular formula is C22H29NO3. The lowest BCUT2D eigenvalue weighted by atomic mass is 9.87. The molecule has 2 aromatic rings. The smallest absolute Gasteiger partial charge is 0.260 e. The van der Waals surface area contributed by atoms with Crippen molar-refractivity contribution in [1.82, 2.24) is 5.32 Å². The van der Waals surface area contributed by atoms with Crippen molar-refractivity contribution in [1.29, 1.82) is 0 Å². The molecule has 0 aliphatic rings. The van der Waals surface area contributed by atoms with Crippen LogP contribution in [0.25, 0.3) is 0 Å². The summed E-state index contributed by atoms with van der Waals surface area (Å²) in [5, 5.41) is 2.84. The number of carbonyl (C=O) groups excluding carboxylic acids is 1. The molecule has 0 aromatic heterocycles. The quantitative estimate of drug-likeness (QED) is 0.726. The van der Waals surface area contributed by atoms with Gasteiger partial charge in [-0.05, 0) is 35.6 Å². The number of hydrogen-bond acceptors (Lipinski definition) is 3. The molecule has 1 N–H and O–H groups in total. The third-order valence-electron chi connectivity index (χ3n) is 4.06. The van der Waals surface area contributed by atoms with Crippen LogP contribution in [0, 0.1) is 0 Å². The first-order valence-electron chi connectivity index (χ1n) is 9.03. The highest BCUT2D eigenvalue weighted by Gasteiger charge is 2.16. The molecule has 0 saturated carbocycles. The van der Waals surface area contributed by atoms with Crippen LogP contribution in [0.3, 0.4) is 0 Å². The fraction of sp³-hybridized carbons (Fsp3) is 0.409. The lowest BCUT2D eigenvalue weighted by Crippen LogP contribution is -2.38. The van der Waals surface area contributed by atoms with Gasteiger partial charge in [0.25, 0.3) is 5.91 Å². The average molecular weight is 355 g/mol. The minimum atomic E-state index is -0.551. The Morgan fingerprint density at radius 2 is 1.69 bits per heavy atom. The molecule has 2 rings (SSSR count). The number of benzene rings is 2. The van der Waals surface area contributed by atoms with Crippen molar-refractivity contribution in [3.05, 3.63) is 65.7 Å². The number of nitrogens with one attached hydrogen (secondary N) is 1. The van der Waals surface area contributed by atoms with E-state index in [9.17, 15) is 4.79 Å². The maximum absolute atomic E-state index is 12.1. The van der Waals surface area contributed by atoms with Gasteiger partial charge in [0.05, 0.1) is 13.2 Å². The van der Waals surface area contributed by atoms with Gasteiger partial charge in [-0.1, -0.05) is 63.2 Å². The van der Waals surface area contributed by atoms with Crippen LogP contribution < -0.4 is 10.1 Å². The minimum absolute atomic E-state index is 0.0985. The molecule has 1 amide bonds. The first-order valence-corrected chi connectivity index (χ1v) is 9.03. The number of ether oxygens (including phenoxy) is 2. The van der Waals surface area contributed by atoms with Crippen molar-refractivity contribution >= 4 is 5.91 Å². The summed E-state index contributed by atoms with van der Waals surface area (Å²) in [5.41, 5.74) is 2.45. The molecule has 26 heavy (non-hydrogen) atoms. The highest BCUT2D eigenvalue weighted by atomic mass is 16.5. The van der Waals surface area contributed by atoms with Gasteiger partial charge in [0, 0.05) is 6.54 Å². The summed E-state index contributed by atoms with van der Waals surface area (Å²) in [6, 6.07) is 17.9. The summed E-state index contributed by atoms with van der Waals surface area (Å²) in [4.78, 5) is 12.1. The van der Waals surface area contributed by atoms with Gasteiger partial charge in [0.2, 0.25) is 0 Å². The molecule has 4 heteroatoms. The lowest BCUT2D eigenvalue weighted by molar-refractivity contribution is -0.127. The average Bonchev–Trinajstić information content (AvgIpc) is 2.62. The standard InChI is InChI=1S/C22H29NO3/c1-17(26-20-12-10-19(11-13-20)22(2,3)4)21(24)23-14-15-25-16-18-8-6-5-7-9-18/h5-13,17H,14-16H2,1-4H3,(H,23,24)/t17-/m0/s1. The SMILES string of the molecule is C[C@H](Oc1ccc(C(C)(C)C)cc1)C(=O)NCCOCc1ccccc1. The van der Waals surface area contributed by atoms with E-state index in [2.05, 4.69) is 26.1 Å². The highest BCUT2D eigenvalue weighted by molar-refractivity contribution is 5.80. The molecule has 0 saturated heterocycles. The van der Waals surface area contributed by atoms with Crippen molar-refractivity contribution in [2.75, 3.05) is 13.2 Å². The number of rotatable bonds is 8. The second-order valence-corrected chi connectivity index (χ2v) is 7.36. The van der Waals surface area contributed by atoms with E-state index < -0.39 is 6.10 Å². The maximum atomic E-state index is 12.1. The number of amides is 1. The van der Waals surface area contributed by atoms with Crippen LogP contribution in [-0.2, 0) is 21.6 Å². The Morgan fingerprint density at radius 3 is 2.31 bits per heavy atom. The van der Waals surface area contributed by atoms with Gasteiger partial charge < -0.3 is 14.8 Å². The van der Waals surface area contributed by atoms with Gasteiger partial charge >= 0.3 is 0 Å². The second-order valence-electron chi connectivity index (χ2n) is 7.36. The molecule has 0 unspecified atom stereocenters. The van der Waals surface area contributed by atoms with Crippen molar-refractivity contribution in [2.45, 2.75) is 45.8 Å². The zero-order chi connectivity index (χ0) is 19.0. The van der Waals surface area contributed by atoms with Crippen LogP contribution in [0.1, 0.15) is 38.8 Å². The summed E-state index contributed by atoms with van der Waals surface area (Å²) >= 11 is 0. The largest absolute Gasteiger partial charge is 0.481 e. The Hall–Kier alpha value is -2.33. The van der Waals surface area contributed by atoms with Gasteiger partial charge in [-0.15, -0.1) is 0 Å². The van der Waals surface area contributed by atoms with E-state index in [0.717, 1.165) is 5.56 Å². The van der Waals surface area contributed by atoms with Gasteiger partial charge in [-0.25, -0.2) is 0 Å². The molecule has 0 radical (unpaired) electrons. The Labute approximate surface area is 156 Å². The van der Waals surface area contributed by atoms with E-state index in [1.54, 1.807) is 6.92 Å². The Bertz CT molecular complexity index is 675. The van der Waals surface area contributed by atoms with Gasteiger partial charge in [-0.3, -0.25) is 4.79 Å². The van der Waals surface area contributed by atoms with Crippen LogP contribution in [0.5, 0.6) is 5.75 Å². The topological polar surface area (TPSA) is 47.6 Å². The molecule has 0 spiro atoms. The molecule has 0 aliphatic carbocycles. The van der Waals surface area contributed by atoms with Crippen molar-refractivity contribution in [3.63, 3.8) is 0 Å². The van der Waals surface area contributed by atoms with E-state index in [4.69, 9.17) is 9.47 Å². The molecular weight excluding hydrogens is 326 g/mol. The van der Waals surface area contributed by atoms with E-state index in [1.807, 2.05) is 54.6 Å². The Kier molecular flexibility index (Phi) is 7.22. The molecule has 2 aromatic carbocycles. The summed E-state index contributed by atoms with van der Waals surface area (Å²) in [6.07, 6.45) is -0.551. The van der Waals surface area contributed by atoms with Crippen LogP contribution in [0.15, 0.2) is 54.6 Å². The molecule has 4 nitrogen and oxygen atoms in total. The Morgan fingerprint density at radius 1 is 1.04 bits per heavy atom. The monoisotopic (exact) mass is 355 g/mol. The van der Waals surface area contributed by atoms with Crippen LogP contribution >= 0.6 is 0 Å². The van der Waals surface area contributed by atoms with Crippen LogP contribution in [0.2, 0.25) is 0 Å². The summed E-state index contributed by atoms with van der Waals surface area (Å²) < 4.78 is 11.3. The first kappa shape index (κ1) is 20.0. The Balaban J connectivity index is 1.68. The fourth-order valence-electron chi connectivity index (χ4n) is 2.45. The number of hydrogen-bond donors (Lipinski definition) is 1. The first-order chi connectivity index (χ1) is 12.4. The van der Waals surface area contributed by atoms with Gasteiger partial charge in [-0.2, -0.15) is 0 Å². The van der Waals surface area contributed by atoms with Crippen molar-refractivity contribution < 1.29 is 14.3 Å². The predicted molar refractivity (Wildman–Crippen MR) is 104 cm³/mol. The van der Waals surface area contributed by atoms with E-state index >= 15 is 0 Å². The predicted octanol–water partition coefficient (Wildman–Crippen LogP) is 4.08. The highest BCUT2D eigenvalue weighted by Crippen LogP contribution is 2.24. The van der Waals surface area contributed by atoms with E-state index in [-0.39, 0.29) is 11.3 Å². The molecule has 140 valence electrons. The van der Waals surface area contributed by atoms with Crippen LogP contribution in [-0.4, -0.2) is 25.2 Å². The normalized spacial score (nSPS) is 12.5. The van der Waals surface area contributed by atoms with Crippen molar-refractivity contribution in [2.24, 2.45) is 0 Å². The molecule has 1 atom stereocenters. The summed E-state index contributed by atoms with van der Waals surface area (Å²) in [5.74, 6) is 0.550. The second kappa shape index (κ2) is 9.39. The molecule has 0 heterocycles. The lowest BCUT2D eigenvalue weighted by Gasteiger charge is -2.20. The molecule has 0 aliphatic heterocycles. The summed E-state index contributed by atoms with van der Waals surface area (Å²) in [7, 11) is 0. The molecule has 0 fully saturated rings. The van der Waals surface area contributed by atoms with Gasteiger partial charge in [0.1, 0.15) is 5.75 Å². The third-order valence-corrected chi connectivity index (χ3v) is 4.06. The minimum Gasteiger partial charge on any atom is -0.481 e. The zero-order valence-electron chi connectivity index (χ0n) is 16.1. The third kappa shape index (κ3) is 6.52. The summed E-state index contributed by atoms with van der Waals surface area (Å²) in [6.45, 7) is 9.72. The van der Waals surface area contributed by atoms with Crippen molar-refractivity contribution in [3.8, 4) is 5.75 Å². The fourth-order valence-corrected chi connectivity index (χ4v) is 2.45. The van der Waals surface area contributed by atoms with E-state index in [0.29, 0.717) is 25.5 Å². The maximum Gasteiger partial charge on any atom is 0.260 e. The molecule has 0 bridgehead atoms. The number of carbonyl (C=O) groups is 1. The van der Waals surface area contributed by atoms with E-state index in [1.165, 1.54) is 5.56 Å². The zero-order valence-corrected chi connectivity index (χ0v) is 16.1.